The number of aliphatic hydroxyl groups is 1. The number of hydrogen-bond donors (Lipinski definition) is 1. The molecular formula is C3H7ClO2. The summed E-state index contributed by atoms with van der Waals surface area (Å²) in [4.78, 5) is 0. The molecule has 0 aromatic carbocycles. The van der Waals surface area contributed by atoms with Gasteiger partial charge in [0.15, 0.2) is 0 Å². The Morgan fingerprint density at radius 3 is 2.50 bits per heavy atom. The Morgan fingerprint density at radius 2 is 2.33 bits per heavy atom. The van der Waals surface area contributed by atoms with E-state index in [0.29, 0.717) is 6.61 Å². The van der Waals surface area contributed by atoms with E-state index in [9.17, 15) is 0 Å². The lowest BCUT2D eigenvalue weighted by molar-refractivity contribution is 0.123. The van der Waals surface area contributed by atoms with Crippen molar-refractivity contribution in [1.82, 2.24) is 0 Å². The van der Waals surface area contributed by atoms with Gasteiger partial charge in [-0.05, 0) is 0 Å². The minimum absolute atomic E-state index is 0.0483. The molecule has 3 heteroatoms. The normalized spacial score (nSPS) is 9.00. The van der Waals surface area contributed by atoms with E-state index < -0.39 is 0 Å². The van der Waals surface area contributed by atoms with E-state index in [1.807, 2.05) is 0 Å². The Morgan fingerprint density at radius 1 is 1.67 bits per heavy atom. The molecular weight excluding hydrogens is 103 g/mol. The molecule has 0 saturated carbocycles. The molecule has 0 saturated heterocycles. The van der Waals surface area contributed by atoms with E-state index in [-0.39, 0.29) is 12.7 Å². The zero-order valence-corrected chi connectivity index (χ0v) is 4.11. The number of rotatable bonds is 3. The maximum absolute atomic E-state index is 8.01. The van der Waals surface area contributed by atoms with Crippen LogP contribution in [-0.4, -0.2) is 24.4 Å². The van der Waals surface area contributed by atoms with E-state index in [1.165, 1.54) is 0 Å². The SMILES string of the molecule is OCCOCCl. The van der Waals surface area contributed by atoms with Crippen LogP contribution in [0.25, 0.3) is 0 Å². The number of ether oxygens (including phenoxy) is 1. The molecule has 0 atom stereocenters. The van der Waals surface area contributed by atoms with Crippen molar-refractivity contribution in [2.45, 2.75) is 0 Å². The average Bonchev–Trinajstić information content (AvgIpc) is 1.61. The molecule has 0 aromatic heterocycles. The molecule has 0 spiro atoms. The van der Waals surface area contributed by atoms with Crippen LogP contribution in [0.15, 0.2) is 0 Å². The van der Waals surface area contributed by atoms with Crippen LogP contribution < -0.4 is 0 Å². The zero-order chi connectivity index (χ0) is 4.83. The summed E-state index contributed by atoms with van der Waals surface area (Å²) in [6.45, 7) is 0.385. The minimum Gasteiger partial charge on any atom is -0.394 e. The second-order valence-electron chi connectivity index (χ2n) is 0.741. The summed E-state index contributed by atoms with van der Waals surface area (Å²) < 4.78 is 4.50. The molecule has 0 radical (unpaired) electrons. The summed E-state index contributed by atoms with van der Waals surface area (Å²) in [5, 5.41) is 8.01. The summed E-state index contributed by atoms with van der Waals surface area (Å²) in [6, 6.07) is 0.167. The molecule has 0 bridgehead atoms. The molecule has 0 rings (SSSR count). The van der Waals surface area contributed by atoms with Crippen molar-refractivity contribution in [3.05, 3.63) is 0 Å². The van der Waals surface area contributed by atoms with E-state index in [2.05, 4.69) is 4.74 Å². The quantitative estimate of drug-likeness (QED) is 0.415. The van der Waals surface area contributed by atoms with Gasteiger partial charge in [-0.2, -0.15) is 0 Å². The van der Waals surface area contributed by atoms with Crippen molar-refractivity contribution >= 4 is 11.6 Å². The van der Waals surface area contributed by atoms with Crippen LogP contribution in [0, 0.1) is 0 Å². The molecule has 0 unspecified atom stereocenters. The summed E-state index contributed by atoms with van der Waals surface area (Å²) in [5.74, 6) is 0. The van der Waals surface area contributed by atoms with Crippen LogP contribution in [0.1, 0.15) is 0 Å². The third-order valence-corrected chi connectivity index (χ3v) is 0.467. The topological polar surface area (TPSA) is 29.5 Å². The maximum Gasteiger partial charge on any atom is 0.120 e. The van der Waals surface area contributed by atoms with Crippen LogP contribution >= 0.6 is 11.6 Å². The fourth-order valence-corrected chi connectivity index (χ4v) is 0.228. The first-order valence-corrected chi connectivity index (χ1v) is 2.20. The van der Waals surface area contributed by atoms with Gasteiger partial charge in [-0.25, -0.2) is 0 Å². The first-order chi connectivity index (χ1) is 2.91. The van der Waals surface area contributed by atoms with Crippen molar-refractivity contribution in [1.29, 1.82) is 0 Å². The summed E-state index contributed by atoms with van der Waals surface area (Å²) in [6.07, 6.45) is 0. The van der Waals surface area contributed by atoms with E-state index in [0.717, 1.165) is 0 Å². The summed E-state index contributed by atoms with van der Waals surface area (Å²) in [7, 11) is 0. The second kappa shape index (κ2) is 5.21. The highest BCUT2D eigenvalue weighted by Gasteiger charge is 1.75. The Labute approximate surface area is 41.7 Å². The molecule has 0 aliphatic carbocycles. The predicted molar refractivity (Wildman–Crippen MR) is 23.8 cm³/mol. The lowest BCUT2D eigenvalue weighted by Crippen LogP contribution is -1.95. The summed E-state index contributed by atoms with van der Waals surface area (Å²) in [5.41, 5.74) is 0. The van der Waals surface area contributed by atoms with Crippen molar-refractivity contribution in [3.63, 3.8) is 0 Å². The third kappa shape index (κ3) is 4.21. The van der Waals surface area contributed by atoms with Crippen molar-refractivity contribution in [3.8, 4) is 0 Å². The Bertz CT molecular complexity index is 20.8. The summed E-state index contributed by atoms with van der Waals surface area (Å²) >= 11 is 5.05. The molecule has 0 heterocycles. The average molecular weight is 111 g/mol. The Balaban J connectivity index is 2.34. The van der Waals surface area contributed by atoms with Gasteiger partial charge in [0.05, 0.1) is 13.2 Å². The fourth-order valence-electron chi connectivity index (χ4n) is 0.119. The smallest absolute Gasteiger partial charge is 0.120 e. The van der Waals surface area contributed by atoms with Crippen LogP contribution in [-0.2, 0) is 4.74 Å². The first kappa shape index (κ1) is 6.21. The highest BCUT2D eigenvalue weighted by molar-refractivity contribution is 6.17. The molecule has 1 N–H and O–H groups in total. The monoisotopic (exact) mass is 110 g/mol. The lowest BCUT2D eigenvalue weighted by atomic mass is 10.8. The molecule has 0 aliphatic rings. The fraction of sp³-hybridized carbons (Fsp3) is 1.00. The molecule has 38 valence electrons. The van der Waals surface area contributed by atoms with Crippen LogP contribution in [0.5, 0.6) is 0 Å². The Kier molecular flexibility index (Phi) is 5.39. The minimum atomic E-state index is 0.0483. The van der Waals surface area contributed by atoms with Crippen molar-refractivity contribution in [2.75, 3.05) is 19.3 Å². The third-order valence-electron chi connectivity index (χ3n) is 0.313. The lowest BCUT2D eigenvalue weighted by Gasteiger charge is -1.89. The van der Waals surface area contributed by atoms with Gasteiger partial charge in [-0.15, -0.1) is 0 Å². The Hall–Kier alpha value is 0.210. The highest BCUT2D eigenvalue weighted by atomic mass is 35.5. The van der Waals surface area contributed by atoms with Gasteiger partial charge in [0, 0.05) is 0 Å². The van der Waals surface area contributed by atoms with Gasteiger partial charge >= 0.3 is 0 Å². The van der Waals surface area contributed by atoms with Gasteiger partial charge in [-0.3, -0.25) is 0 Å². The second-order valence-corrected chi connectivity index (χ2v) is 0.959. The van der Waals surface area contributed by atoms with Gasteiger partial charge in [0.2, 0.25) is 0 Å². The highest BCUT2D eigenvalue weighted by Crippen LogP contribution is 1.74. The number of aliphatic hydroxyl groups excluding tert-OH is 1. The molecule has 6 heavy (non-hydrogen) atoms. The van der Waals surface area contributed by atoms with Crippen molar-refractivity contribution < 1.29 is 9.84 Å². The van der Waals surface area contributed by atoms with E-state index >= 15 is 0 Å². The first-order valence-electron chi connectivity index (χ1n) is 1.66. The zero-order valence-electron chi connectivity index (χ0n) is 3.35. The van der Waals surface area contributed by atoms with Gasteiger partial charge < -0.3 is 9.84 Å². The number of alkyl halides is 1. The number of halogens is 1. The molecule has 0 aromatic rings. The van der Waals surface area contributed by atoms with Crippen LogP contribution in [0.3, 0.4) is 0 Å². The largest absolute Gasteiger partial charge is 0.394 e. The van der Waals surface area contributed by atoms with Gasteiger partial charge in [0.25, 0.3) is 0 Å². The van der Waals surface area contributed by atoms with Crippen LogP contribution in [0.2, 0.25) is 0 Å². The molecule has 0 aliphatic heterocycles. The predicted octanol–water partition coefficient (Wildman–Crippen LogP) is 0.192. The van der Waals surface area contributed by atoms with Crippen LogP contribution in [0.4, 0.5) is 0 Å². The number of hydrogen-bond acceptors (Lipinski definition) is 2. The van der Waals surface area contributed by atoms with Gasteiger partial charge in [-0.1, -0.05) is 11.6 Å². The maximum atomic E-state index is 8.01. The standard InChI is InChI=1S/C3H7ClO2/c4-3-6-2-1-5/h5H,1-3H2. The van der Waals surface area contributed by atoms with E-state index in [1.54, 1.807) is 0 Å². The molecule has 0 amide bonds. The molecule has 2 nitrogen and oxygen atoms in total. The molecule has 0 fully saturated rings. The van der Waals surface area contributed by atoms with E-state index in [4.69, 9.17) is 16.7 Å². The van der Waals surface area contributed by atoms with Gasteiger partial charge in [0.1, 0.15) is 6.07 Å². The van der Waals surface area contributed by atoms with Crippen molar-refractivity contribution in [2.24, 2.45) is 0 Å².